The lowest BCUT2D eigenvalue weighted by Crippen LogP contribution is -2.25. The molecule has 0 spiro atoms. The lowest BCUT2D eigenvalue weighted by molar-refractivity contribution is -0.137. The molecule has 1 aliphatic heterocycles. The van der Waals surface area contributed by atoms with Crippen LogP contribution in [-0.4, -0.2) is 47.0 Å². The van der Waals surface area contributed by atoms with Gasteiger partial charge in [0.25, 0.3) is 5.91 Å². The summed E-state index contributed by atoms with van der Waals surface area (Å²) >= 11 is 0. The van der Waals surface area contributed by atoms with Crippen LogP contribution in [0.25, 0.3) is 11.1 Å². The fraction of sp³-hybridized carbons (Fsp3) is 0.292. The summed E-state index contributed by atoms with van der Waals surface area (Å²) in [5.74, 6) is -1.65. The Bertz CT molecular complexity index is 1200. The van der Waals surface area contributed by atoms with Crippen molar-refractivity contribution in [2.45, 2.75) is 19.0 Å². The number of hydrogen-bond donors (Lipinski definition) is 2. The van der Waals surface area contributed by atoms with Gasteiger partial charge in [0.05, 0.1) is 16.8 Å². The fourth-order valence-corrected chi connectivity index (χ4v) is 3.78. The second kappa shape index (κ2) is 10.3. The number of nitrogens with two attached hydrogens (primary N) is 1. The summed E-state index contributed by atoms with van der Waals surface area (Å²) in [7, 11) is 0. The predicted octanol–water partition coefficient (Wildman–Crippen LogP) is 4.61. The predicted molar refractivity (Wildman–Crippen MR) is 122 cm³/mol. The van der Waals surface area contributed by atoms with Gasteiger partial charge in [-0.2, -0.15) is 13.2 Å². The van der Waals surface area contributed by atoms with Gasteiger partial charge in [0.15, 0.2) is 0 Å². The van der Waals surface area contributed by atoms with E-state index in [1.807, 2.05) is 0 Å². The number of nitrogens with one attached hydrogen (secondary N) is 1. The van der Waals surface area contributed by atoms with Crippen LogP contribution in [-0.2, 0) is 6.18 Å². The summed E-state index contributed by atoms with van der Waals surface area (Å²) in [6.45, 7) is 2.72. The third-order valence-electron chi connectivity index (χ3n) is 5.63. The molecule has 0 aliphatic carbocycles. The number of nitrogen functional groups attached to an aromatic ring is 1. The summed E-state index contributed by atoms with van der Waals surface area (Å²) in [6.07, 6.45) is 0.379. The second-order valence-electron chi connectivity index (χ2n) is 8.08. The smallest absolute Gasteiger partial charge is 0.416 e. The molecule has 0 saturated carbocycles. The number of halogens is 4. The highest BCUT2D eigenvalue weighted by Gasteiger charge is 2.31. The first-order valence-electron chi connectivity index (χ1n) is 11.0. The molecule has 3 aromatic rings. The van der Waals surface area contributed by atoms with Crippen molar-refractivity contribution in [3.05, 3.63) is 65.7 Å². The van der Waals surface area contributed by atoms with Gasteiger partial charge in [0.1, 0.15) is 18.2 Å². The van der Waals surface area contributed by atoms with Gasteiger partial charge in [-0.15, -0.1) is 0 Å². The van der Waals surface area contributed by atoms with E-state index >= 15 is 0 Å². The van der Waals surface area contributed by atoms with Crippen LogP contribution in [0, 0.1) is 5.82 Å². The Labute approximate surface area is 198 Å². The van der Waals surface area contributed by atoms with Crippen LogP contribution in [0.15, 0.2) is 48.8 Å². The van der Waals surface area contributed by atoms with Gasteiger partial charge in [-0.1, -0.05) is 6.07 Å². The number of benzene rings is 2. The molecule has 0 bridgehead atoms. The number of carbonyl (C=O) groups excluding carboxylic acids is 1. The van der Waals surface area contributed by atoms with E-state index in [-0.39, 0.29) is 29.6 Å². The third kappa shape index (κ3) is 6.04. The Balaban J connectivity index is 1.58. The van der Waals surface area contributed by atoms with Gasteiger partial charge in [-0.3, -0.25) is 9.69 Å². The zero-order valence-corrected chi connectivity index (χ0v) is 18.6. The van der Waals surface area contributed by atoms with Gasteiger partial charge in [-0.25, -0.2) is 14.4 Å². The van der Waals surface area contributed by atoms with Crippen molar-refractivity contribution in [2.24, 2.45) is 0 Å². The summed E-state index contributed by atoms with van der Waals surface area (Å²) in [5, 5.41) is 2.38. The number of ether oxygens (including phenoxy) is 1. The Hall–Kier alpha value is -3.73. The van der Waals surface area contributed by atoms with E-state index in [0.29, 0.717) is 17.7 Å². The quantitative estimate of drug-likeness (QED) is 0.471. The first-order chi connectivity index (χ1) is 16.7. The van der Waals surface area contributed by atoms with E-state index in [1.54, 1.807) is 0 Å². The Morgan fingerprint density at radius 2 is 1.77 bits per heavy atom. The molecule has 11 heteroatoms. The maximum Gasteiger partial charge on any atom is 0.416 e. The van der Waals surface area contributed by atoms with Crippen molar-refractivity contribution < 1.29 is 27.1 Å². The molecule has 0 radical (unpaired) electrons. The van der Waals surface area contributed by atoms with Gasteiger partial charge in [-0.05, 0) is 61.8 Å². The summed E-state index contributed by atoms with van der Waals surface area (Å²) in [6, 6.07) is 6.59. The SMILES string of the molecule is Nc1ncc(-c2ccc(F)c(C(=O)Nc3cc(C(F)(F)F)ccc3OCCN3CCCC3)c2)cn1. The molecule has 0 unspecified atom stereocenters. The van der Waals surface area contributed by atoms with E-state index in [2.05, 4.69) is 20.2 Å². The van der Waals surface area contributed by atoms with E-state index in [1.165, 1.54) is 24.5 Å². The number of anilines is 2. The Kier molecular flexibility index (Phi) is 7.15. The number of alkyl halides is 3. The minimum Gasteiger partial charge on any atom is -0.490 e. The van der Waals surface area contributed by atoms with Gasteiger partial charge < -0.3 is 15.8 Å². The molecular formula is C24H23F4N5O2. The minimum atomic E-state index is -4.63. The van der Waals surface area contributed by atoms with Crippen molar-refractivity contribution in [1.82, 2.24) is 14.9 Å². The van der Waals surface area contributed by atoms with Crippen LogP contribution in [0.2, 0.25) is 0 Å². The number of nitrogens with zero attached hydrogens (tertiary/aromatic N) is 3. The number of likely N-dealkylation sites (tertiary alicyclic amines) is 1. The van der Waals surface area contributed by atoms with Crippen LogP contribution >= 0.6 is 0 Å². The van der Waals surface area contributed by atoms with Crippen molar-refractivity contribution in [3.8, 4) is 16.9 Å². The zero-order chi connectivity index (χ0) is 25.0. The van der Waals surface area contributed by atoms with Crippen LogP contribution in [0.5, 0.6) is 5.75 Å². The number of carbonyl (C=O) groups is 1. The molecular weight excluding hydrogens is 466 g/mol. The Morgan fingerprint density at radius 1 is 1.06 bits per heavy atom. The molecule has 2 heterocycles. The maximum absolute atomic E-state index is 14.5. The highest BCUT2D eigenvalue weighted by molar-refractivity contribution is 6.06. The van der Waals surface area contributed by atoms with Crippen LogP contribution in [0.4, 0.5) is 29.2 Å². The maximum atomic E-state index is 14.5. The highest BCUT2D eigenvalue weighted by atomic mass is 19.4. The van der Waals surface area contributed by atoms with Crippen molar-refractivity contribution in [1.29, 1.82) is 0 Å². The fourth-order valence-electron chi connectivity index (χ4n) is 3.78. The highest BCUT2D eigenvalue weighted by Crippen LogP contribution is 2.35. The third-order valence-corrected chi connectivity index (χ3v) is 5.63. The number of amides is 1. The molecule has 1 aromatic heterocycles. The molecule has 1 aliphatic rings. The molecule has 1 saturated heterocycles. The normalized spacial score (nSPS) is 14.2. The van der Waals surface area contributed by atoms with E-state index in [0.717, 1.165) is 50.2 Å². The summed E-state index contributed by atoms with van der Waals surface area (Å²) < 4.78 is 60.1. The molecule has 4 rings (SSSR count). The monoisotopic (exact) mass is 489 g/mol. The van der Waals surface area contributed by atoms with Crippen molar-refractivity contribution in [3.63, 3.8) is 0 Å². The number of rotatable bonds is 7. The first-order valence-corrected chi connectivity index (χ1v) is 11.0. The van der Waals surface area contributed by atoms with Crippen molar-refractivity contribution >= 4 is 17.5 Å². The molecule has 2 aromatic carbocycles. The molecule has 184 valence electrons. The molecule has 1 amide bonds. The van der Waals surface area contributed by atoms with E-state index in [4.69, 9.17) is 10.5 Å². The summed E-state index contributed by atoms with van der Waals surface area (Å²) in [4.78, 5) is 22.8. The number of hydrogen-bond acceptors (Lipinski definition) is 6. The second-order valence-corrected chi connectivity index (χ2v) is 8.08. The van der Waals surface area contributed by atoms with Gasteiger partial charge in [0.2, 0.25) is 5.95 Å². The van der Waals surface area contributed by atoms with Gasteiger partial charge in [0, 0.05) is 24.5 Å². The lowest BCUT2D eigenvalue weighted by Gasteiger charge is -2.18. The average molecular weight is 489 g/mol. The Morgan fingerprint density at radius 3 is 2.46 bits per heavy atom. The first kappa shape index (κ1) is 24.4. The van der Waals surface area contributed by atoms with Gasteiger partial charge >= 0.3 is 6.18 Å². The average Bonchev–Trinajstić information content (AvgIpc) is 3.34. The topological polar surface area (TPSA) is 93.4 Å². The van der Waals surface area contributed by atoms with Crippen molar-refractivity contribution in [2.75, 3.05) is 37.3 Å². The van der Waals surface area contributed by atoms with Crippen LogP contribution in [0.3, 0.4) is 0 Å². The molecule has 1 fully saturated rings. The lowest BCUT2D eigenvalue weighted by atomic mass is 10.0. The molecule has 3 N–H and O–H groups in total. The van der Waals surface area contributed by atoms with E-state index in [9.17, 15) is 22.4 Å². The summed E-state index contributed by atoms with van der Waals surface area (Å²) in [5.41, 5.74) is 4.87. The minimum absolute atomic E-state index is 0.0515. The zero-order valence-electron chi connectivity index (χ0n) is 18.6. The van der Waals surface area contributed by atoms with Crippen LogP contribution in [0.1, 0.15) is 28.8 Å². The number of aromatic nitrogens is 2. The largest absolute Gasteiger partial charge is 0.490 e. The van der Waals surface area contributed by atoms with Crippen LogP contribution < -0.4 is 15.8 Å². The standard InChI is InChI=1S/C24H23F4N5O2/c25-19-5-3-15(16-13-30-23(29)31-14-16)11-18(19)22(34)32-20-12-17(24(26,27)28)4-6-21(20)35-10-9-33-7-1-2-8-33/h3-6,11-14H,1-2,7-10H2,(H,32,34)(H2,29,30,31). The molecule has 7 nitrogen and oxygen atoms in total. The molecule has 35 heavy (non-hydrogen) atoms. The molecule has 0 atom stereocenters. The van der Waals surface area contributed by atoms with E-state index < -0.39 is 23.5 Å².